The highest BCUT2D eigenvalue weighted by atomic mass is 19.3. The van der Waals surface area contributed by atoms with Crippen molar-refractivity contribution in [3.05, 3.63) is 70.0 Å². The van der Waals surface area contributed by atoms with Crippen LogP contribution in [0, 0.1) is 19.7 Å². The predicted molar refractivity (Wildman–Crippen MR) is 105 cm³/mol. The van der Waals surface area contributed by atoms with Crippen molar-refractivity contribution < 1.29 is 27.8 Å². The van der Waals surface area contributed by atoms with E-state index in [2.05, 4.69) is 0 Å². The lowest BCUT2D eigenvalue weighted by Gasteiger charge is -2.15. The number of hydrogen-bond acceptors (Lipinski definition) is 2. The van der Waals surface area contributed by atoms with E-state index in [0.717, 1.165) is 16.7 Å². The molecule has 0 saturated heterocycles. The first-order valence-electron chi connectivity index (χ1n) is 9.44. The smallest absolute Gasteiger partial charge is 0.303 e. The molecule has 0 aromatic heterocycles. The summed E-state index contributed by atoms with van der Waals surface area (Å²) in [5.74, 6) is -3.52. The van der Waals surface area contributed by atoms with Crippen LogP contribution in [0.4, 0.5) is 13.2 Å². The van der Waals surface area contributed by atoms with Crippen molar-refractivity contribution in [2.75, 3.05) is 6.61 Å². The van der Waals surface area contributed by atoms with Crippen LogP contribution < -0.4 is 4.74 Å². The second kappa shape index (κ2) is 8.31. The van der Waals surface area contributed by atoms with Crippen LogP contribution in [0.3, 0.4) is 0 Å². The number of carboxylic acids is 1. The molecule has 1 aliphatic rings. The Bertz CT molecular complexity index is 947. The molecule has 1 aliphatic carbocycles. The SMILES string of the molecule is Cc1c(CCC(=O)O)ccc(OCC2=C(c3ccc(F)cc3)CC(F)(F)C2)c1C. The molecule has 2 aromatic carbocycles. The lowest BCUT2D eigenvalue weighted by molar-refractivity contribution is -0.136. The minimum atomic E-state index is -2.84. The van der Waals surface area contributed by atoms with Gasteiger partial charge in [-0.25, -0.2) is 13.2 Å². The molecule has 0 spiro atoms. The summed E-state index contributed by atoms with van der Waals surface area (Å²) in [5, 5.41) is 8.86. The number of carboxylic acid groups (broad SMARTS) is 1. The molecule has 0 amide bonds. The number of aryl methyl sites for hydroxylation is 1. The van der Waals surface area contributed by atoms with Crippen molar-refractivity contribution in [2.45, 2.75) is 45.5 Å². The van der Waals surface area contributed by atoms with Crippen molar-refractivity contribution in [3.8, 4) is 5.75 Å². The molecular weight excluding hydrogens is 381 g/mol. The Labute approximate surface area is 167 Å². The highest BCUT2D eigenvalue weighted by Gasteiger charge is 2.39. The van der Waals surface area contributed by atoms with Crippen LogP contribution in [0.25, 0.3) is 5.57 Å². The molecule has 0 heterocycles. The van der Waals surface area contributed by atoms with Crippen molar-refractivity contribution in [1.82, 2.24) is 0 Å². The normalized spacial score (nSPS) is 15.6. The molecule has 154 valence electrons. The number of rotatable bonds is 7. The zero-order chi connectivity index (χ0) is 21.2. The number of halogens is 3. The van der Waals surface area contributed by atoms with Gasteiger partial charge in [-0.05, 0) is 71.9 Å². The molecule has 1 N–H and O–H groups in total. The van der Waals surface area contributed by atoms with E-state index in [4.69, 9.17) is 9.84 Å². The lowest BCUT2D eigenvalue weighted by Crippen LogP contribution is -2.12. The zero-order valence-electron chi connectivity index (χ0n) is 16.4. The van der Waals surface area contributed by atoms with Crippen LogP contribution in [0.5, 0.6) is 5.75 Å². The van der Waals surface area contributed by atoms with E-state index in [-0.39, 0.29) is 25.9 Å². The molecule has 0 atom stereocenters. The number of benzene rings is 2. The Morgan fingerprint density at radius 1 is 1.07 bits per heavy atom. The molecule has 6 heteroatoms. The van der Waals surface area contributed by atoms with Gasteiger partial charge >= 0.3 is 5.97 Å². The summed E-state index contributed by atoms with van der Waals surface area (Å²) in [6, 6.07) is 9.13. The first-order valence-corrected chi connectivity index (χ1v) is 9.44. The molecule has 0 unspecified atom stereocenters. The van der Waals surface area contributed by atoms with Crippen LogP contribution in [0.2, 0.25) is 0 Å². The largest absolute Gasteiger partial charge is 0.489 e. The summed E-state index contributed by atoms with van der Waals surface area (Å²) in [7, 11) is 0. The standard InChI is InChI=1S/C23H23F3O3/c1-14-15(2)21(9-5-16(14)6-10-22(27)28)29-13-18-11-23(25,26)12-20(18)17-3-7-19(24)8-4-17/h3-5,7-9H,6,10-13H2,1-2H3,(H,27,28). The first kappa shape index (κ1) is 21.0. The van der Waals surface area contributed by atoms with Crippen LogP contribution >= 0.6 is 0 Å². The van der Waals surface area contributed by atoms with Gasteiger partial charge in [0.05, 0.1) is 0 Å². The quantitative estimate of drug-likeness (QED) is 0.642. The summed E-state index contributed by atoms with van der Waals surface area (Å²) in [6.07, 6.45) is -0.296. The summed E-state index contributed by atoms with van der Waals surface area (Å²) in [5.41, 5.74) is 4.32. The van der Waals surface area contributed by atoms with E-state index in [0.29, 0.717) is 28.9 Å². The van der Waals surface area contributed by atoms with Crippen molar-refractivity contribution in [1.29, 1.82) is 0 Å². The number of ether oxygens (including phenoxy) is 1. The fourth-order valence-electron chi connectivity index (χ4n) is 3.65. The maximum atomic E-state index is 14.1. The minimum absolute atomic E-state index is 0.0249. The second-order valence-electron chi connectivity index (χ2n) is 7.45. The Balaban J connectivity index is 1.79. The average molecular weight is 404 g/mol. The Kier molecular flexibility index (Phi) is 6.01. The molecule has 0 bridgehead atoms. The number of alkyl halides is 2. The van der Waals surface area contributed by atoms with Crippen LogP contribution in [-0.4, -0.2) is 23.6 Å². The Morgan fingerprint density at radius 3 is 2.41 bits per heavy atom. The summed E-state index contributed by atoms with van der Waals surface area (Å²) in [4.78, 5) is 10.8. The number of carbonyl (C=O) groups is 1. The highest BCUT2D eigenvalue weighted by Crippen LogP contribution is 2.44. The van der Waals surface area contributed by atoms with E-state index in [1.54, 1.807) is 6.07 Å². The van der Waals surface area contributed by atoms with Crippen molar-refractivity contribution >= 4 is 11.5 Å². The van der Waals surface area contributed by atoms with Gasteiger partial charge in [0.25, 0.3) is 5.92 Å². The molecular formula is C23H23F3O3. The topological polar surface area (TPSA) is 46.5 Å². The number of hydrogen-bond donors (Lipinski definition) is 1. The van der Waals surface area contributed by atoms with E-state index >= 15 is 0 Å². The van der Waals surface area contributed by atoms with Crippen LogP contribution in [-0.2, 0) is 11.2 Å². The molecule has 3 nitrogen and oxygen atoms in total. The number of aliphatic carboxylic acids is 1. The predicted octanol–water partition coefficient (Wildman–Crippen LogP) is 5.72. The Morgan fingerprint density at radius 2 is 1.76 bits per heavy atom. The van der Waals surface area contributed by atoms with E-state index < -0.39 is 17.7 Å². The van der Waals surface area contributed by atoms with Gasteiger partial charge in [-0.1, -0.05) is 18.2 Å². The summed E-state index contributed by atoms with van der Waals surface area (Å²) < 4.78 is 47.2. The highest BCUT2D eigenvalue weighted by molar-refractivity contribution is 5.72. The fourth-order valence-corrected chi connectivity index (χ4v) is 3.65. The molecule has 0 saturated carbocycles. The van der Waals surface area contributed by atoms with Gasteiger partial charge in [0.2, 0.25) is 0 Å². The average Bonchev–Trinajstić information content (AvgIpc) is 2.97. The van der Waals surface area contributed by atoms with Crippen LogP contribution in [0.1, 0.15) is 41.5 Å². The maximum Gasteiger partial charge on any atom is 0.303 e. The van der Waals surface area contributed by atoms with Gasteiger partial charge in [0, 0.05) is 19.3 Å². The Hall–Kier alpha value is -2.76. The molecule has 0 aliphatic heterocycles. The van der Waals surface area contributed by atoms with E-state index in [1.807, 2.05) is 19.9 Å². The third-order valence-electron chi connectivity index (χ3n) is 5.39. The van der Waals surface area contributed by atoms with E-state index in [1.165, 1.54) is 24.3 Å². The first-order chi connectivity index (χ1) is 13.7. The number of allylic oxidation sites excluding steroid dienone is 1. The third kappa shape index (κ3) is 5.00. The minimum Gasteiger partial charge on any atom is -0.489 e. The fraction of sp³-hybridized carbons (Fsp3) is 0.348. The van der Waals surface area contributed by atoms with Crippen molar-refractivity contribution in [2.24, 2.45) is 0 Å². The van der Waals surface area contributed by atoms with Gasteiger partial charge in [-0.3, -0.25) is 4.79 Å². The van der Waals surface area contributed by atoms with Gasteiger partial charge < -0.3 is 9.84 Å². The van der Waals surface area contributed by atoms with E-state index in [9.17, 15) is 18.0 Å². The van der Waals surface area contributed by atoms with Gasteiger partial charge in [-0.15, -0.1) is 0 Å². The van der Waals surface area contributed by atoms with Crippen molar-refractivity contribution in [3.63, 3.8) is 0 Å². The van der Waals surface area contributed by atoms with Crippen LogP contribution in [0.15, 0.2) is 42.0 Å². The van der Waals surface area contributed by atoms with Gasteiger partial charge in [-0.2, -0.15) is 0 Å². The maximum absolute atomic E-state index is 14.1. The molecule has 3 rings (SSSR count). The molecule has 0 radical (unpaired) electrons. The summed E-state index contributed by atoms with van der Waals surface area (Å²) >= 11 is 0. The molecule has 0 fully saturated rings. The molecule has 2 aromatic rings. The third-order valence-corrected chi connectivity index (χ3v) is 5.39. The summed E-state index contributed by atoms with van der Waals surface area (Å²) in [6.45, 7) is 3.79. The zero-order valence-corrected chi connectivity index (χ0v) is 16.4. The van der Waals surface area contributed by atoms with Gasteiger partial charge in [0.15, 0.2) is 0 Å². The van der Waals surface area contributed by atoms with Gasteiger partial charge in [0.1, 0.15) is 18.2 Å². The second-order valence-corrected chi connectivity index (χ2v) is 7.45. The monoisotopic (exact) mass is 404 g/mol. The molecule has 29 heavy (non-hydrogen) atoms. The lowest BCUT2D eigenvalue weighted by atomic mass is 9.99.